The molecule has 0 aromatic heterocycles. The van der Waals surface area contributed by atoms with Crippen LogP contribution in [0, 0.1) is 0 Å². The standard InChI is InChI=1S/C16H22O3/c1-18-16(17)14-10-8-13(9-11-14)12-19-15-6-4-2-3-5-7-15/h8-11,15H,2-7,12H2,1H3. The van der Waals surface area contributed by atoms with Crippen molar-refractivity contribution in [2.45, 2.75) is 51.2 Å². The molecule has 1 aromatic rings. The fourth-order valence-corrected chi connectivity index (χ4v) is 2.48. The first-order chi connectivity index (χ1) is 9.29. The molecule has 0 heterocycles. The first-order valence-electron chi connectivity index (χ1n) is 7.08. The van der Waals surface area contributed by atoms with Gasteiger partial charge in [-0.15, -0.1) is 0 Å². The van der Waals surface area contributed by atoms with Gasteiger partial charge in [0.1, 0.15) is 0 Å². The molecule has 0 bridgehead atoms. The Kier molecular flexibility index (Phi) is 5.40. The molecule has 2 rings (SSSR count). The van der Waals surface area contributed by atoms with E-state index >= 15 is 0 Å². The molecule has 1 aromatic carbocycles. The summed E-state index contributed by atoms with van der Waals surface area (Å²) in [7, 11) is 1.39. The molecule has 1 aliphatic rings. The minimum Gasteiger partial charge on any atom is -0.465 e. The highest BCUT2D eigenvalue weighted by Gasteiger charge is 2.12. The third-order valence-electron chi connectivity index (χ3n) is 3.66. The van der Waals surface area contributed by atoms with Crippen LogP contribution in [0.2, 0.25) is 0 Å². The van der Waals surface area contributed by atoms with Gasteiger partial charge < -0.3 is 9.47 Å². The van der Waals surface area contributed by atoms with E-state index in [0.717, 1.165) is 5.56 Å². The largest absolute Gasteiger partial charge is 0.465 e. The second-order valence-corrected chi connectivity index (χ2v) is 5.11. The molecule has 0 unspecified atom stereocenters. The van der Waals surface area contributed by atoms with E-state index in [-0.39, 0.29) is 5.97 Å². The van der Waals surface area contributed by atoms with E-state index in [1.165, 1.54) is 45.6 Å². The highest BCUT2D eigenvalue weighted by molar-refractivity contribution is 5.89. The Labute approximate surface area is 114 Å². The van der Waals surface area contributed by atoms with Crippen molar-refractivity contribution in [3.05, 3.63) is 35.4 Å². The van der Waals surface area contributed by atoms with E-state index < -0.39 is 0 Å². The van der Waals surface area contributed by atoms with Crippen molar-refractivity contribution in [1.29, 1.82) is 0 Å². The molecule has 0 atom stereocenters. The summed E-state index contributed by atoms with van der Waals surface area (Å²) < 4.78 is 10.6. The van der Waals surface area contributed by atoms with Crippen LogP contribution < -0.4 is 0 Å². The summed E-state index contributed by atoms with van der Waals surface area (Å²) in [6, 6.07) is 7.45. The van der Waals surface area contributed by atoms with Crippen LogP contribution in [0.25, 0.3) is 0 Å². The van der Waals surface area contributed by atoms with Crippen molar-refractivity contribution in [2.24, 2.45) is 0 Å². The predicted molar refractivity (Wildman–Crippen MR) is 74.1 cm³/mol. The summed E-state index contributed by atoms with van der Waals surface area (Å²) in [5.41, 5.74) is 1.69. The van der Waals surface area contributed by atoms with Gasteiger partial charge >= 0.3 is 5.97 Å². The molecule has 104 valence electrons. The quantitative estimate of drug-likeness (QED) is 0.613. The molecule has 0 amide bonds. The van der Waals surface area contributed by atoms with Crippen molar-refractivity contribution in [2.75, 3.05) is 7.11 Å². The van der Waals surface area contributed by atoms with Gasteiger partial charge in [0, 0.05) is 0 Å². The van der Waals surface area contributed by atoms with E-state index in [0.29, 0.717) is 18.3 Å². The smallest absolute Gasteiger partial charge is 0.337 e. The number of esters is 1. The van der Waals surface area contributed by atoms with Gasteiger partial charge in [-0.1, -0.05) is 37.8 Å². The number of benzene rings is 1. The van der Waals surface area contributed by atoms with Crippen molar-refractivity contribution >= 4 is 5.97 Å². The van der Waals surface area contributed by atoms with Crippen LogP contribution in [0.1, 0.15) is 54.4 Å². The van der Waals surface area contributed by atoms with Crippen LogP contribution in [0.3, 0.4) is 0 Å². The molecule has 0 saturated heterocycles. The van der Waals surface area contributed by atoms with Gasteiger partial charge in [0.15, 0.2) is 0 Å². The van der Waals surface area contributed by atoms with Crippen molar-refractivity contribution in [1.82, 2.24) is 0 Å². The Bertz CT molecular complexity index is 389. The Hall–Kier alpha value is -1.35. The van der Waals surface area contributed by atoms with Crippen LogP contribution in [0.15, 0.2) is 24.3 Å². The number of carbonyl (C=O) groups excluding carboxylic acids is 1. The predicted octanol–water partition coefficient (Wildman–Crippen LogP) is 3.71. The average Bonchev–Trinajstić information content (AvgIpc) is 2.73. The highest BCUT2D eigenvalue weighted by atomic mass is 16.5. The van der Waals surface area contributed by atoms with Gasteiger partial charge in [0.05, 0.1) is 25.4 Å². The molecule has 3 nitrogen and oxygen atoms in total. The van der Waals surface area contributed by atoms with Crippen LogP contribution >= 0.6 is 0 Å². The minimum absolute atomic E-state index is 0.295. The number of ether oxygens (including phenoxy) is 2. The zero-order valence-electron chi connectivity index (χ0n) is 11.6. The fourth-order valence-electron chi connectivity index (χ4n) is 2.48. The SMILES string of the molecule is COC(=O)c1ccc(COC2CCCCCC2)cc1. The van der Waals surface area contributed by atoms with Crippen molar-refractivity contribution < 1.29 is 14.3 Å². The zero-order valence-corrected chi connectivity index (χ0v) is 11.6. The monoisotopic (exact) mass is 262 g/mol. The lowest BCUT2D eigenvalue weighted by atomic mass is 10.1. The fraction of sp³-hybridized carbons (Fsp3) is 0.562. The Balaban J connectivity index is 1.83. The van der Waals surface area contributed by atoms with Gasteiger partial charge in [-0.25, -0.2) is 4.79 Å². The Morgan fingerprint density at radius 1 is 1.11 bits per heavy atom. The average molecular weight is 262 g/mol. The summed E-state index contributed by atoms with van der Waals surface area (Å²) in [6.45, 7) is 0.631. The van der Waals surface area contributed by atoms with E-state index in [1.807, 2.05) is 12.1 Å². The highest BCUT2D eigenvalue weighted by Crippen LogP contribution is 2.21. The normalized spacial score (nSPS) is 16.9. The molecular weight excluding hydrogens is 240 g/mol. The third-order valence-corrected chi connectivity index (χ3v) is 3.66. The maximum atomic E-state index is 11.3. The lowest BCUT2D eigenvalue weighted by Crippen LogP contribution is -2.11. The summed E-state index contributed by atoms with van der Waals surface area (Å²) in [4.78, 5) is 11.3. The maximum Gasteiger partial charge on any atom is 0.337 e. The zero-order chi connectivity index (χ0) is 13.5. The molecule has 0 spiro atoms. The molecule has 0 N–H and O–H groups in total. The lowest BCUT2D eigenvalue weighted by Gasteiger charge is -2.15. The first-order valence-corrected chi connectivity index (χ1v) is 7.08. The van der Waals surface area contributed by atoms with Gasteiger partial charge in [-0.3, -0.25) is 0 Å². The number of methoxy groups -OCH3 is 1. The van der Waals surface area contributed by atoms with Gasteiger partial charge in [-0.2, -0.15) is 0 Å². The maximum absolute atomic E-state index is 11.3. The summed E-state index contributed by atoms with van der Waals surface area (Å²) in [5, 5.41) is 0. The van der Waals surface area contributed by atoms with Gasteiger partial charge in [-0.05, 0) is 30.5 Å². The van der Waals surface area contributed by atoms with E-state index in [4.69, 9.17) is 4.74 Å². The molecule has 3 heteroatoms. The summed E-state index contributed by atoms with van der Waals surface area (Å²) in [5.74, 6) is -0.295. The molecule has 0 radical (unpaired) electrons. The van der Waals surface area contributed by atoms with Gasteiger partial charge in [0.25, 0.3) is 0 Å². The lowest BCUT2D eigenvalue weighted by molar-refractivity contribution is 0.0309. The Morgan fingerprint density at radius 3 is 2.32 bits per heavy atom. The molecule has 1 fully saturated rings. The van der Waals surface area contributed by atoms with Crippen molar-refractivity contribution in [3.63, 3.8) is 0 Å². The second-order valence-electron chi connectivity index (χ2n) is 5.11. The molecule has 0 aliphatic heterocycles. The molecule has 1 saturated carbocycles. The first kappa shape index (κ1) is 14.1. The van der Waals surface area contributed by atoms with Crippen LogP contribution in [0.5, 0.6) is 0 Å². The number of hydrogen-bond donors (Lipinski definition) is 0. The van der Waals surface area contributed by atoms with Crippen molar-refractivity contribution in [3.8, 4) is 0 Å². The van der Waals surface area contributed by atoms with Crippen LogP contribution in [0.4, 0.5) is 0 Å². The molecule has 19 heavy (non-hydrogen) atoms. The van der Waals surface area contributed by atoms with E-state index in [2.05, 4.69) is 4.74 Å². The molecular formula is C16H22O3. The van der Waals surface area contributed by atoms with E-state index in [1.54, 1.807) is 12.1 Å². The van der Waals surface area contributed by atoms with Gasteiger partial charge in [0.2, 0.25) is 0 Å². The summed E-state index contributed by atoms with van der Waals surface area (Å²) in [6.07, 6.45) is 8.02. The minimum atomic E-state index is -0.295. The topological polar surface area (TPSA) is 35.5 Å². The molecule has 1 aliphatic carbocycles. The Morgan fingerprint density at radius 2 is 1.74 bits per heavy atom. The number of hydrogen-bond acceptors (Lipinski definition) is 3. The van der Waals surface area contributed by atoms with Crippen LogP contribution in [-0.4, -0.2) is 19.2 Å². The van der Waals surface area contributed by atoms with Crippen LogP contribution in [-0.2, 0) is 16.1 Å². The van der Waals surface area contributed by atoms with E-state index in [9.17, 15) is 4.79 Å². The third kappa shape index (κ3) is 4.35. The summed E-state index contributed by atoms with van der Waals surface area (Å²) >= 11 is 0. The number of rotatable bonds is 4. The second kappa shape index (κ2) is 7.29. The number of carbonyl (C=O) groups is 1.